The molecule has 3 heteroatoms. The first-order valence-corrected chi connectivity index (χ1v) is 5.32. The van der Waals surface area contributed by atoms with Gasteiger partial charge in [0.2, 0.25) is 0 Å². The van der Waals surface area contributed by atoms with Crippen LogP contribution in [0.15, 0.2) is 22.7 Å². The average molecular weight is 241 g/mol. The SMILES string of the molecule is Nc1ccc(Br)c(CNC2CC2)c1. The summed E-state index contributed by atoms with van der Waals surface area (Å²) in [5, 5.41) is 3.46. The highest BCUT2D eigenvalue weighted by molar-refractivity contribution is 9.10. The van der Waals surface area contributed by atoms with Crippen LogP contribution in [0.1, 0.15) is 18.4 Å². The van der Waals surface area contributed by atoms with Crippen LogP contribution >= 0.6 is 15.9 Å². The van der Waals surface area contributed by atoms with E-state index < -0.39 is 0 Å². The second kappa shape index (κ2) is 3.68. The van der Waals surface area contributed by atoms with Crippen LogP contribution in [0.25, 0.3) is 0 Å². The fourth-order valence-electron chi connectivity index (χ4n) is 1.27. The Balaban J connectivity index is 2.03. The summed E-state index contributed by atoms with van der Waals surface area (Å²) in [6, 6.07) is 6.66. The highest BCUT2D eigenvalue weighted by Crippen LogP contribution is 2.23. The molecule has 1 fully saturated rings. The molecule has 1 aliphatic rings. The molecule has 1 aliphatic carbocycles. The molecule has 0 aliphatic heterocycles. The van der Waals surface area contributed by atoms with Crippen molar-refractivity contribution >= 4 is 21.6 Å². The standard InChI is InChI=1S/C10H13BrN2/c11-10-4-1-8(12)5-7(10)6-13-9-2-3-9/h1,4-5,9,13H,2-3,6,12H2. The van der Waals surface area contributed by atoms with Crippen LogP contribution in [0, 0.1) is 0 Å². The van der Waals surface area contributed by atoms with E-state index in [4.69, 9.17) is 5.73 Å². The Labute approximate surface area is 86.6 Å². The smallest absolute Gasteiger partial charge is 0.0318 e. The first-order valence-electron chi connectivity index (χ1n) is 4.53. The van der Waals surface area contributed by atoms with Crippen molar-refractivity contribution in [3.63, 3.8) is 0 Å². The summed E-state index contributed by atoms with van der Waals surface area (Å²) in [4.78, 5) is 0. The number of benzene rings is 1. The van der Waals surface area contributed by atoms with Gasteiger partial charge in [0.1, 0.15) is 0 Å². The van der Waals surface area contributed by atoms with Crippen LogP contribution in [-0.4, -0.2) is 6.04 Å². The fourth-order valence-corrected chi connectivity index (χ4v) is 1.66. The van der Waals surface area contributed by atoms with Crippen molar-refractivity contribution in [2.75, 3.05) is 5.73 Å². The molecule has 0 radical (unpaired) electrons. The van der Waals surface area contributed by atoms with Crippen molar-refractivity contribution in [2.24, 2.45) is 0 Å². The third kappa shape index (κ3) is 2.45. The molecule has 0 bridgehead atoms. The molecular weight excluding hydrogens is 228 g/mol. The molecule has 1 aromatic rings. The summed E-state index contributed by atoms with van der Waals surface area (Å²) in [6.45, 7) is 0.913. The number of rotatable bonds is 3. The quantitative estimate of drug-likeness (QED) is 0.797. The topological polar surface area (TPSA) is 38.0 Å². The highest BCUT2D eigenvalue weighted by atomic mass is 79.9. The van der Waals surface area contributed by atoms with Gasteiger partial charge in [0.15, 0.2) is 0 Å². The fraction of sp³-hybridized carbons (Fsp3) is 0.400. The molecule has 0 saturated heterocycles. The van der Waals surface area contributed by atoms with E-state index >= 15 is 0 Å². The van der Waals surface area contributed by atoms with Crippen LogP contribution in [-0.2, 0) is 6.54 Å². The van der Waals surface area contributed by atoms with E-state index in [-0.39, 0.29) is 0 Å². The summed E-state index contributed by atoms with van der Waals surface area (Å²) in [5.74, 6) is 0. The van der Waals surface area contributed by atoms with E-state index in [1.54, 1.807) is 0 Å². The molecule has 2 rings (SSSR count). The third-order valence-electron chi connectivity index (χ3n) is 2.23. The molecular formula is C10H13BrN2. The maximum Gasteiger partial charge on any atom is 0.0318 e. The lowest BCUT2D eigenvalue weighted by molar-refractivity contribution is 0.686. The van der Waals surface area contributed by atoms with Gasteiger partial charge in [-0.3, -0.25) is 0 Å². The van der Waals surface area contributed by atoms with Crippen molar-refractivity contribution in [3.8, 4) is 0 Å². The Morgan fingerprint density at radius 2 is 2.23 bits per heavy atom. The zero-order valence-corrected chi connectivity index (χ0v) is 8.97. The van der Waals surface area contributed by atoms with Gasteiger partial charge < -0.3 is 11.1 Å². The molecule has 3 N–H and O–H groups in total. The Bertz CT molecular complexity index is 308. The van der Waals surface area contributed by atoms with E-state index in [9.17, 15) is 0 Å². The van der Waals surface area contributed by atoms with Gasteiger partial charge in [0.25, 0.3) is 0 Å². The minimum atomic E-state index is 0.744. The Hall–Kier alpha value is -0.540. The minimum Gasteiger partial charge on any atom is -0.399 e. The number of nitrogens with one attached hydrogen (secondary N) is 1. The Kier molecular flexibility index (Phi) is 2.56. The van der Waals surface area contributed by atoms with Gasteiger partial charge in [-0.15, -0.1) is 0 Å². The van der Waals surface area contributed by atoms with Gasteiger partial charge in [-0.05, 0) is 36.6 Å². The van der Waals surface area contributed by atoms with Gasteiger partial charge in [-0.1, -0.05) is 15.9 Å². The second-order valence-electron chi connectivity index (χ2n) is 3.51. The van der Waals surface area contributed by atoms with Crippen molar-refractivity contribution in [2.45, 2.75) is 25.4 Å². The lowest BCUT2D eigenvalue weighted by Crippen LogP contribution is -2.15. The van der Waals surface area contributed by atoms with E-state index in [1.807, 2.05) is 18.2 Å². The minimum absolute atomic E-state index is 0.744. The van der Waals surface area contributed by atoms with Gasteiger partial charge in [0, 0.05) is 22.7 Å². The lowest BCUT2D eigenvalue weighted by atomic mass is 10.2. The maximum atomic E-state index is 5.70. The number of nitrogen functional groups attached to an aromatic ring is 1. The summed E-state index contributed by atoms with van der Waals surface area (Å²) in [7, 11) is 0. The number of hydrogen-bond acceptors (Lipinski definition) is 2. The molecule has 0 amide bonds. The molecule has 13 heavy (non-hydrogen) atoms. The zero-order chi connectivity index (χ0) is 9.26. The molecule has 0 unspecified atom stereocenters. The molecule has 0 aromatic heterocycles. The molecule has 1 aromatic carbocycles. The zero-order valence-electron chi connectivity index (χ0n) is 7.39. The summed E-state index contributed by atoms with van der Waals surface area (Å²) >= 11 is 3.51. The molecule has 0 atom stereocenters. The first-order chi connectivity index (χ1) is 6.25. The van der Waals surface area contributed by atoms with Crippen molar-refractivity contribution in [1.82, 2.24) is 5.32 Å². The van der Waals surface area contributed by atoms with Crippen LogP contribution in [0.3, 0.4) is 0 Å². The van der Waals surface area contributed by atoms with Crippen molar-refractivity contribution in [1.29, 1.82) is 0 Å². The molecule has 0 spiro atoms. The molecule has 2 nitrogen and oxygen atoms in total. The molecule has 70 valence electrons. The van der Waals surface area contributed by atoms with Crippen molar-refractivity contribution in [3.05, 3.63) is 28.2 Å². The second-order valence-corrected chi connectivity index (χ2v) is 4.36. The summed E-state index contributed by atoms with van der Waals surface area (Å²) in [5.41, 5.74) is 7.77. The third-order valence-corrected chi connectivity index (χ3v) is 3.00. The van der Waals surface area contributed by atoms with E-state index in [0.717, 1.165) is 22.7 Å². The normalized spacial score (nSPS) is 16.1. The maximum absolute atomic E-state index is 5.70. The van der Waals surface area contributed by atoms with Crippen LogP contribution in [0.4, 0.5) is 5.69 Å². The molecule has 1 saturated carbocycles. The van der Waals surface area contributed by atoms with E-state index in [0.29, 0.717) is 0 Å². The Morgan fingerprint density at radius 3 is 2.92 bits per heavy atom. The van der Waals surface area contributed by atoms with Crippen LogP contribution in [0.5, 0.6) is 0 Å². The van der Waals surface area contributed by atoms with Gasteiger partial charge in [-0.25, -0.2) is 0 Å². The predicted octanol–water partition coefficient (Wildman–Crippen LogP) is 2.28. The summed E-state index contributed by atoms with van der Waals surface area (Å²) in [6.07, 6.45) is 2.64. The number of hydrogen-bond donors (Lipinski definition) is 2. The van der Waals surface area contributed by atoms with Gasteiger partial charge in [-0.2, -0.15) is 0 Å². The van der Waals surface area contributed by atoms with E-state index in [1.165, 1.54) is 18.4 Å². The number of nitrogens with two attached hydrogens (primary N) is 1. The average Bonchev–Trinajstić information content (AvgIpc) is 2.90. The Morgan fingerprint density at radius 1 is 1.46 bits per heavy atom. The summed E-state index contributed by atoms with van der Waals surface area (Å²) < 4.78 is 1.13. The van der Waals surface area contributed by atoms with Crippen molar-refractivity contribution < 1.29 is 0 Å². The van der Waals surface area contributed by atoms with Crippen LogP contribution in [0.2, 0.25) is 0 Å². The van der Waals surface area contributed by atoms with Gasteiger partial charge in [0.05, 0.1) is 0 Å². The van der Waals surface area contributed by atoms with Crippen LogP contribution < -0.4 is 11.1 Å². The predicted molar refractivity (Wildman–Crippen MR) is 58.4 cm³/mol. The molecule has 0 heterocycles. The first kappa shape index (κ1) is 9.03. The van der Waals surface area contributed by atoms with Gasteiger partial charge >= 0.3 is 0 Å². The number of halogens is 1. The van der Waals surface area contributed by atoms with E-state index in [2.05, 4.69) is 21.2 Å². The number of anilines is 1. The lowest BCUT2D eigenvalue weighted by Gasteiger charge is -2.06. The largest absolute Gasteiger partial charge is 0.399 e. The highest BCUT2D eigenvalue weighted by Gasteiger charge is 2.20. The monoisotopic (exact) mass is 240 g/mol.